The van der Waals surface area contributed by atoms with Crippen molar-refractivity contribution in [1.82, 2.24) is 0 Å². The summed E-state index contributed by atoms with van der Waals surface area (Å²) < 4.78 is 40.1. The number of hydrogen-bond acceptors (Lipinski definition) is 2. The van der Waals surface area contributed by atoms with Crippen molar-refractivity contribution in [2.24, 2.45) is 0 Å². The van der Waals surface area contributed by atoms with Crippen LogP contribution in [0.2, 0.25) is 0 Å². The van der Waals surface area contributed by atoms with Crippen molar-refractivity contribution in [3.63, 3.8) is 0 Å². The number of nitrogens with zero attached hydrogens (tertiary/aromatic N) is 1. The first-order valence-electron chi connectivity index (χ1n) is 6.55. The van der Waals surface area contributed by atoms with Gasteiger partial charge in [-0.2, -0.15) is 0 Å². The van der Waals surface area contributed by atoms with Crippen LogP contribution in [0.3, 0.4) is 0 Å². The van der Waals surface area contributed by atoms with E-state index in [4.69, 9.17) is 0 Å². The Kier molecular flexibility index (Phi) is 4.73. The summed E-state index contributed by atoms with van der Waals surface area (Å²) in [6, 6.07) is 15.9. The van der Waals surface area contributed by atoms with Gasteiger partial charge < -0.3 is 9.64 Å². The van der Waals surface area contributed by atoms with Gasteiger partial charge in [0.05, 0.1) is 0 Å². The fourth-order valence-electron chi connectivity index (χ4n) is 1.97. The first kappa shape index (κ1) is 15.2. The average molecular weight is 295 g/mol. The van der Waals surface area contributed by atoms with Crippen molar-refractivity contribution < 1.29 is 17.9 Å². The van der Waals surface area contributed by atoms with Crippen molar-refractivity contribution in [2.45, 2.75) is 12.8 Å². The Labute approximate surface area is 121 Å². The molecule has 0 saturated heterocycles. The van der Waals surface area contributed by atoms with Gasteiger partial charge in [0.25, 0.3) is 0 Å². The van der Waals surface area contributed by atoms with Crippen LogP contribution in [0.25, 0.3) is 0 Å². The Morgan fingerprint density at radius 1 is 0.952 bits per heavy atom. The minimum atomic E-state index is -4.65. The standard InChI is InChI=1S/C16H16F3NO/c1-20(12-11-13-5-3-2-4-6-13)14-7-9-15(10-8-14)21-16(17,18)19/h2-10H,11-12H2,1H3. The van der Waals surface area contributed by atoms with Crippen LogP contribution in [-0.4, -0.2) is 20.0 Å². The molecule has 0 heterocycles. The van der Waals surface area contributed by atoms with Crippen LogP contribution >= 0.6 is 0 Å². The normalized spacial score (nSPS) is 11.2. The molecule has 0 saturated carbocycles. The number of rotatable bonds is 5. The van der Waals surface area contributed by atoms with E-state index < -0.39 is 6.36 Å². The van der Waals surface area contributed by atoms with Crippen LogP contribution < -0.4 is 9.64 Å². The smallest absolute Gasteiger partial charge is 0.406 e. The van der Waals surface area contributed by atoms with Crippen LogP contribution in [0, 0.1) is 0 Å². The number of halogens is 3. The van der Waals surface area contributed by atoms with Gasteiger partial charge in [-0.05, 0) is 36.2 Å². The molecule has 0 radical (unpaired) electrons. The van der Waals surface area contributed by atoms with Gasteiger partial charge in [0, 0.05) is 19.3 Å². The highest BCUT2D eigenvalue weighted by Crippen LogP contribution is 2.25. The molecule has 0 fully saturated rings. The van der Waals surface area contributed by atoms with Crippen LogP contribution in [0.5, 0.6) is 5.75 Å². The third-order valence-corrected chi connectivity index (χ3v) is 3.09. The minimum absolute atomic E-state index is 0.206. The van der Waals surface area contributed by atoms with Crippen LogP contribution in [0.15, 0.2) is 54.6 Å². The summed E-state index contributed by atoms with van der Waals surface area (Å²) in [4.78, 5) is 1.99. The molecular weight excluding hydrogens is 279 g/mol. The zero-order valence-electron chi connectivity index (χ0n) is 11.6. The minimum Gasteiger partial charge on any atom is -0.406 e. The fourth-order valence-corrected chi connectivity index (χ4v) is 1.97. The van der Waals surface area contributed by atoms with E-state index >= 15 is 0 Å². The second-order valence-electron chi connectivity index (χ2n) is 4.70. The van der Waals surface area contributed by atoms with Gasteiger partial charge in [-0.1, -0.05) is 30.3 Å². The monoisotopic (exact) mass is 295 g/mol. The second kappa shape index (κ2) is 6.52. The number of ether oxygens (including phenoxy) is 1. The molecule has 112 valence electrons. The molecule has 0 spiro atoms. The van der Waals surface area contributed by atoms with E-state index in [9.17, 15) is 13.2 Å². The van der Waals surface area contributed by atoms with Crippen molar-refractivity contribution in [2.75, 3.05) is 18.5 Å². The summed E-state index contributed by atoms with van der Waals surface area (Å²) in [5.74, 6) is -0.206. The molecule has 0 unspecified atom stereocenters. The second-order valence-corrected chi connectivity index (χ2v) is 4.70. The van der Waals surface area contributed by atoms with Gasteiger partial charge >= 0.3 is 6.36 Å². The zero-order valence-corrected chi connectivity index (χ0v) is 11.6. The van der Waals surface area contributed by atoms with Crippen LogP contribution in [-0.2, 0) is 6.42 Å². The lowest BCUT2D eigenvalue weighted by molar-refractivity contribution is -0.274. The third kappa shape index (κ3) is 5.02. The molecule has 0 N–H and O–H groups in total. The highest BCUT2D eigenvalue weighted by atomic mass is 19.4. The molecule has 0 atom stereocenters. The molecule has 0 aliphatic carbocycles. The van der Waals surface area contributed by atoms with Crippen molar-refractivity contribution >= 4 is 5.69 Å². The third-order valence-electron chi connectivity index (χ3n) is 3.09. The lowest BCUT2D eigenvalue weighted by Gasteiger charge is -2.19. The molecule has 0 aliphatic heterocycles. The molecule has 2 rings (SSSR count). The number of anilines is 1. The zero-order chi connectivity index (χ0) is 15.3. The van der Waals surface area contributed by atoms with Crippen LogP contribution in [0.1, 0.15) is 5.56 Å². The number of likely N-dealkylation sites (N-methyl/N-ethyl adjacent to an activating group) is 1. The molecule has 5 heteroatoms. The van der Waals surface area contributed by atoms with Gasteiger partial charge in [-0.3, -0.25) is 0 Å². The fraction of sp³-hybridized carbons (Fsp3) is 0.250. The maximum Gasteiger partial charge on any atom is 0.573 e. The van der Waals surface area contributed by atoms with E-state index in [1.54, 1.807) is 12.1 Å². The Morgan fingerprint density at radius 3 is 2.14 bits per heavy atom. The van der Waals surface area contributed by atoms with Gasteiger partial charge in [-0.25, -0.2) is 0 Å². The highest BCUT2D eigenvalue weighted by Gasteiger charge is 2.30. The van der Waals surface area contributed by atoms with Crippen molar-refractivity contribution in [3.05, 3.63) is 60.2 Å². The highest BCUT2D eigenvalue weighted by molar-refractivity contribution is 5.48. The Morgan fingerprint density at radius 2 is 1.57 bits per heavy atom. The lowest BCUT2D eigenvalue weighted by atomic mass is 10.1. The van der Waals surface area contributed by atoms with E-state index in [-0.39, 0.29) is 5.75 Å². The average Bonchev–Trinajstić information content (AvgIpc) is 2.45. The molecule has 2 nitrogen and oxygen atoms in total. The molecule has 2 aromatic carbocycles. The van der Waals surface area contributed by atoms with Crippen molar-refractivity contribution in [1.29, 1.82) is 0 Å². The molecule has 0 bridgehead atoms. The lowest BCUT2D eigenvalue weighted by Crippen LogP contribution is -2.20. The largest absolute Gasteiger partial charge is 0.573 e. The Balaban J connectivity index is 1.92. The topological polar surface area (TPSA) is 12.5 Å². The molecular formula is C16H16F3NO. The van der Waals surface area contributed by atoms with E-state index in [0.29, 0.717) is 0 Å². The Hall–Kier alpha value is -2.17. The first-order chi connectivity index (χ1) is 9.94. The summed E-state index contributed by atoms with van der Waals surface area (Å²) in [6.07, 6.45) is -3.78. The van der Waals surface area contributed by atoms with Gasteiger partial charge in [-0.15, -0.1) is 13.2 Å². The maximum absolute atomic E-state index is 12.1. The molecule has 0 aromatic heterocycles. The molecule has 0 amide bonds. The molecule has 21 heavy (non-hydrogen) atoms. The van der Waals surface area contributed by atoms with E-state index in [0.717, 1.165) is 18.7 Å². The van der Waals surface area contributed by atoms with Gasteiger partial charge in [0.2, 0.25) is 0 Å². The maximum atomic E-state index is 12.1. The summed E-state index contributed by atoms with van der Waals surface area (Å²) >= 11 is 0. The predicted octanol–water partition coefficient (Wildman–Crippen LogP) is 4.26. The van der Waals surface area contributed by atoms with E-state index in [1.165, 1.54) is 17.7 Å². The predicted molar refractivity (Wildman–Crippen MR) is 76.5 cm³/mol. The van der Waals surface area contributed by atoms with Gasteiger partial charge in [0.15, 0.2) is 0 Å². The number of hydrogen-bond donors (Lipinski definition) is 0. The SMILES string of the molecule is CN(CCc1ccccc1)c1ccc(OC(F)(F)F)cc1. The molecule has 0 aliphatic rings. The van der Waals surface area contributed by atoms with E-state index in [2.05, 4.69) is 4.74 Å². The quantitative estimate of drug-likeness (QED) is 0.817. The van der Waals surface area contributed by atoms with Crippen LogP contribution in [0.4, 0.5) is 18.9 Å². The number of benzene rings is 2. The van der Waals surface area contributed by atoms with E-state index in [1.807, 2.05) is 42.3 Å². The number of alkyl halides is 3. The molecule has 2 aromatic rings. The Bertz CT molecular complexity index is 552. The summed E-state index contributed by atoms with van der Waals surface area (Å²) in [5, 5.41) is 0. The van der Waals surface area contributed by atoms with Gasteiger partial charge in [0.1, 0.15) is 5.75 Å². The van der Waals surface area contributed by atoms with Crippen molar-refractivity contribution in [3.8, 4) is 5.75 Å². The first-order valence-corrected chi connectivity index (χ1v) is 6.55. The summed E-state index contributed by atoms with van der Waals surface area (Å²) in [5.41, 5.74) is 2.07. The summed E-state index contributed by atoms with van der Waals surface area (Å²) in [6.45, 7) is 0.781. The summed E-state index contributed by atoms with van der Waals surface area (Å²) in [7, 11) is 1.91.